The highest BCUT2D eigenvalue weighted by Gasteiger charge is 2.52. The number of amides is 1. The van der Waals surface area contributed by atoms with E-state index in [-0.39, 0.29) is 18.8 Å². The van der Waals surface area contributed by atoms with Crippen molar-refractivity contribution in [3.05, 3.63) is 76.9 Å². The molecule has 0 spiro atoms. The third kappa shape index (κ3) is 5.58. The number of ether oxygens (including phenoxy) is 1. The Kier molecular flexibility index (Phi) is 6.74. The number of nitrogens with one attached hydrogen (secondary N) is 2. The lowest BCUT2D eigenvalue weighted by molar-refractivity contribution is 0.00578. The lowest BCUT2D eigenvalue weighted by Gasteiger charge is -2.32. The molecule has 2 aromatic carbocycles. The Morgan fingerprint density at radius 2 is 1.74 bits per heavy atom. The van der Waals surface area contributed by atoms with Crippen LogP contribution >= 0.6 is 0 Å². The van der Waals surface area contributed by atoms with Gasteiger partial charge in [0.2, 0.25) is 0 Å². The minimum Gasteiger partial charge on any atom is -0.477 e. The van der Waals surface area contributed by atoms with Gasteiger partial charge >= 0.3 is 19.2 Å². The number of benzene rings is 2. The zero-order valence-corrected chi connectivity index (χ0v) is 20.3. The largest absolute Gasteiger partial charge is 0.492 e. The number of fused-ring (bicyclic) bond motifs is 1. The van der Waals surface area contributed by atoms with Crippen LogP contribution in [0.3, 0.4) is 0 Å². The first-order chi connectivity index (χ1) is 16.5. The van der Waals surface area contributed by atoms with Crippen LogP contribution in [0, 0.1) is 0 Å². The van der Waals surface area contributed by atoms with E-state index >= 15 is 0 Å². The van der Waals surface area contributed by atoms with Crippen LogP contribution in [0.4, 0.5) is 4.79 Å². The van der Waals surface area contributed by atoms with E-state index in [1.165, 1.54) is 0 Å². The number of carboxylic acids is 1. The number of carboxylic acid groups (broad SMARTS) is 1. The average molecular weight is 476 g/mol. The zero-order chi connectivity index (χ0) is 25.2. The summed E-state index contributed by atoms with van der Waals surface area (Å²) in [4.78, 5) is 26.6. The van der Waals surface area contributed by atoms with Gasteiger partial charge < -0.3 is 29.5 Å². The third-order valence-corrected chi connectivity index (χ3v) is 6.43. The van der Waals surface area contributed by atoms with Gasteiger partial charge in [-0.05, 0) is 56.4 Å². The maximum atomic E-state index is 12.4. The highest BCUT2D eigenvalue weighted by molar-refractivity contribution is 6.56. The van der Waals surface area contributed by atoms with E-state index in [9.17, 15) is 14.7 Å². The molecular weight excluding hydrogens is 447 g/mol. The van der Waals surface area contributed by atoms with Gasteiger partial charge in [0.05, 0.1) is 11.2 Å². The van der Waals surface area contributed by atoms with Gasteiger partial charge in [0.25, 0.3) is 0 Å². The Balaban J connectivity index is 1.54. The van der Waals surface area contributed by atoms with Crippen molar-refractivity contribution in [2.45, 2.75) is 45.5 Å². The summed E-state index contributed by atoms with van der Waals surface area (Å²) in [6.07, 6.45) is 1.32. The van der Waals surface area contributed by atoms with Crippen molar-refractivity contribution in [1.82, 2.24) is 10.3 Å². The first-order valence-electron chi connectivity index (χ1n) is 11.4. The first-order valence-corrected chi connectivity index (χ1v) is 11.4. The SMILES string of the molecule is CC1(C)OB(C(=Cc2ccc3cc(C(=O)O)[nH]c3c2)CNC(=O)OCc2ccccc2)OC1(C)C. The number of rotatable bonds is 7. The van der Waals surface area contributed by atoms with Crippen molar-refractivity contribution in [3.8, 4) is 0 Å². The predicted octanol–water partition coefficient (Wildman–Crippen LogP) is 4.81. The van der Waals surface area contributed by atoms with Gasteiger partial charge in [-0.3, -0.25) is 0 Å². The fourth-order valence-electron chi connectivity index (χ4n) is 3.71. The number of alkyl carbamates (subject to hydrolysis) is 1. The molecule has 3 N–H and O–H groups in total. The van der Waals surface area contributed by atoms with Crippen molar-refractivity contribution in [2.24, 2.45) is 0 Å². The summed E-state index contributed by atoms with van der Waals surface area (Å²) in [5, 5.41) is 12.8. The number of carbonyl (C=O) groups excluding carboxylic acids is 1. The van der Waals surface area contributed by atoms with E-state index in [2.05, 4.69) is 10.3 Å². The smallest absolute Gasteiger partial charge is 0.477 e. The van der Waals surface area contributed by atoms with E-state index in [1.54, 1.807) is 6.07 Å². The molecule has 0 aliphatic carbocycles. The van der Waals surface area contributed by atoms with Crippen LogP contribution in [-0.2, 0) is 20.7 Å². The molecule has 9 heteroatoms. The maximum Gasteiger partial charge on any atom is 0.492 e. The highest BCUT2D eigenvalue weighted by atomic mass is 16.7. The number of aromatic carboxylic acids is 1. The minimum absolute atomic E-state index is 0.121. The van der Waals surface area contributed by atoms with Crippen LogP contribution in [0.25, 0.3) is 17.0 Å². The van der Waals surface area contributed by atoms with Gasteiger partial charge in [-0.25, -0.2) is 9.59 Å². The molecule has 1 amide bonds. The van der Waals surface area contributed by atoms with Crippen molar-refractivity contribution >= 4 is 36.2 Å². The summed E-state index contributed by atoms with van der Waals surface area (Å²) in [7, 11) is -0.677. The molecule has 182 valence electrons. The minimum atomic E-state index is -1.02. The molecule has 8 nitrogen and oxygen atoms in total. The van der Waals surface area contributed by atoms with Gasteiger partial charge in [0.1, 0.15) is 12.3 Å². The monoisotopic (exact) mass is 476 g/mol. The predicted molar refractivity (Wildman–Crippen MR) is 134 cm³/mol. The number of hydrogen-bond acceptors (Lipinski definition) is 5. The summed E-state index contributed by atoms with van der Waals surface area (Å²) < 4.78 is 17.8. The van der Waals surface area contributed by atoms with E-state index < -0.39 is 30.4 Å². The Labute approximate surface area is 204 Å². The standard InChI is InChI=1S/C26H29BN2O6/c1-25(2)26(3,4)35-27(34-25)20(15-28-24(32)33-16-17-8-6-5-7-9-17)12-18-10-11-19-14-22(23(30)31)29-21(19)13-18/h5-14,29H,15-16H2,1-4H3,(H,28,32)(H,30,31). The fourth-order valence-corrected chi connectivity index (χ4v) is 3.71. The number of aromatic amines is 1. The molecule has 0 radical (unpaired) electrons. The molecule has 1 aliphatic heterocycles. The molecule has 1 aromatic heterocycles. The average Bonchev–Trinajstić information content (AvgIpc) is 3.33. The molecule has 1 aliphatic rings. The van der Waals surface area contributed by atoms with E-state index in [4.69, 9.17) is 14.0 Å². The molecule has 35 heavy (non-hydrogen) atoms. The molecule has 1 saturated heterocycles. The Morgan fingerprint density at radius 1 is 1.06 bits per heavy atom. The fraction of sp³-hybridized carbons (Fsp3) is 0.308. The molecule has 0 bridgehead atoms. The van der Waals surface area contributed by atoms with E-state index in [1.807, 2.05) is 82.3 Å². The maximum absolute atomic E-state index is 12.4. The molecule has 0 unspecified atom stereocenters. The van der Waals surface area contributed by atoms with Crippen molar-refractivity contribution in [3.63, 3.8) is 0 Å². The van der Waals surface area contributed by atoms with Crippen LogP contribution in [0.1, 0.15) is 49.3 Å². The van der Waals surface area contributed by atoms with Gasteiger partial charge in [-0.15, -0.1) is 0 Å². The topological polar surface area (TPSA) is 110 Å². The van der Waals surface area contributed by atoms with Crippen LogP contribution in [0.5, 0.6) is 0 Å². The van der Waals surface area contributed by atoms with Crippen LogP contribution in [-0.4, -0.2) is 47.0 Å². The number of H-pyrrole nitrogens is 1. The Morgan fingerprint density at radius 3 is 2.40 bits per heavy atom. The van der Waals surface area contributed by atoms with E-state index in [0.29, 0.717) is 11.0 Å². The van der Waals surface area contributed by atoms with Crippen LogP contribution < -0.4 is 5.32 Å². The molecule has 0 atom stereocenters. The molecule has 3 aromatic rings. The summed E-state index contributed by atoms with van der Waals surface area (Å²) >= 11 is 0. The number of hydrogen-bond donors (Lipinski definition) is 3. The molecular formula is C26H29BN2O6. The summed E-state index contributed by atoms with van der Waals surface area (Å²) in [5.74, 6) is -1.02. The normalized spacial score (nSPS) is 16.9. The van der Waals surface area contributed by atoms with Crippen LogP contribution in [0.2, 0.25) is 0 Å². The van der Waals surface area contributed by atoms with E-state index in [0.717, 1.165) is 16.5 Å². The van der Waals surface area contributed by atoms with Crippen molar-refractivity contribution in [1.29, 1.82) is 0 Å². The zero-order valence-electron chi connectivity index (χ0n) is 20.3. The van der Waals surface area contributed by atoms with Gasteiger partial charge in [-0.1, -0.05) is 48.5 Å². The highest BCUT2D eigenvalue weighted by Crippen LogP contribution is 2.38. The van der Waals surface area contributed by atoms with Crippen molar-refractivity contribution in [2.75, 3.05) is 6.54 Å². The Bertz CT molecular complexity index is 1250. The third-order valence-electron chi connectivity index (χ3n) is 6.43. The Hall–Kier alpha value is -3.56. The summed E-state index contributed by atoms with van der Waals surface area (Å²) in [5.41, 5.74) is 2.11. The van der Waals surface area contributed by atoms with Gasteiger partial charge in [0.15, 0.2) is 0 Å². The van der Waals surface area contributed by atoms with Gasteiger partial charge in [-0.2, -0.15) is 0 Å². The van der Waals surface area contributed by atoms with Crippen LogP contribution in [0.15, 0.2) is 60.1 Å². The molecule has 4 rings (SSSR count). The molecule has 2 heterocycles. The quantitative estimate of drug-likeness (QED) is 0.423. The molecule has 0 saturated carbocycles. The second-order valence-electron chi connectivity index (χ2n) is 9.56. The second-order valence-corrected chi connectivity index (χ2v) is 9.56. The lowest BCUT2D eigenvalue weighted by Crippen LogP contribution is -2.41. The van der Waals surface area contributed by atoms with Gasteiger partial charge in [0, 0.05) is 17.4 Å². The first kappa shape index (κ1) is 24.6. The summed E-state index contributed by atoms with van der Waals surface area (Å²) in [6, 6.07) is 16.6. The number of carbonyl (C=O) groups is 2. The number of aromatic nitrogens is 1. The van der Waals surface area contributed by atoms with Crippen molar-refractivity contribution < 1.29 is 28.7 Å². The second kappa shape index (κ2) is 9.60. The lowest BCUT2D eigenvalue weighted by atomic mass is 9.77. The molecule has 1 fully saturated rings. The summed E-state index contributed by atoms with van der Waals surface area (Å²) in [6.45, 7) is 8.16.